The van der Waals surface area contributed by atoms with Gasteiger partial charge in [-0.3, -0.25) is 5.43 Å². The maximum atomic E-state index is 4.23. The number of hydrazone groups is 1. The van der Waals surface area contributed by atoms with Crippen LogP contribution in [0.2, 0.25) is 0 Å². The Balaban J connectivity index is 1.80. The van der Waals surface area contributed by atoms with Crippen LogP contribution in [0.25, 0.3) is 11.0 Å². The highest BCUT2D eigenvalue weighted by atomic mass is 15.3. The Bertz CT molecular complexity index is 670. The summed E-state index contributed by atoms with van der Waals surface area (Å²) >= 11 is 0. The van der Waals surface area contributed by atoms with E-state index in [0.29, 0.717) is 0 Å². The van der Waals surface area contributed by atoms with Crippen LogP contribution in [-0.2, 0) is 0 Å². The number of hydrogen-bond donors (Lipinski definition) is 2. The molecule has 4 nitrogen and oxygen atoms in total. The molecule has 0 bridgehead atoms. The number of para-hydroxylation sites is 1. The number of nitrogens with one attached hydrogen (secondary N) is 2. The molecule has 0 unspecified atom stereocenters. The number of aromatic nitrogens is 2. The number of aromatic amines is 1. The third kappa shape index (κ3) is 2.08. The molecule has 3 rings (SSSR count). The van der Waals surface area contributed by atoms with Gasteiger partial charge < -0.3 is 4.98 Å². The molecule has 0 atom stereocenters. The minimum atomic E-state index is 0.874. The van der Waals surface area contributed by atoms with Gasteiger partial charge in [0, 0.05) is 23.3 Å². The molecule has 0 radical (unpaired) electrons. The molecule has 0 spiro atoms. The van der Waals surface area contributed by atoms with E-state index < -0.39 is 0 Å². The second-order valence-corrected chi connectivity index (χ2v) is 3.88. The van der Waals surface area contributed by atoms with Crippen LogP contribution in [0.1, 0.15) is 5.56 Å². The molecule has 0 aliphatic carbocycles. The van der Waals surface area contributed by atoms with Crippen molar-refractivity contribution in [1.29, 1.82) is 0 Å². The average Bonchev–Trinajstić information content (AvgIpc) is 2.84. The van der Waals surface area contributed by atoms with Crippen LogP contribution in [0.4, 0.5) is 5.69 Å². The molecule has 0 amide bonds. The van der Waals surface area contributed by atoms with Gasteiger partial charge in [0.2, 0.25) is 0 Å². The highest BCUT2D eigenvalue weighted by Gasteiger charge is 2.00. The molecular weight excluding hydrogens is 224 g/mol. The van der Waals surface area contributed by atoms with E-state index in [4.69, 9.17) is 0 Å². The van der Waals surface area contributed by atoms with Crippen LogP contribution in [0.3, 0.4) is 0 Å². The molecule has 1 aromatic carbocycles. The van der Waals surface area contributed by atoms with Gasteiger partial charge in [0.05, 0.1) is 11.9 Å². The van der Waals surface area contributed by atoms with Crippen molar-refractivity contribution in [1.82, 2.24) is 9.97 Å². The Morgan fingerprint density at radius 1 is 1.11 bits per heavy atom. The SMILES string of the molecule is C(=N\Nc1ccccc1)/c1c[nH]c2ncccc12. The zero-order valence-electron chi connectivity index (χ0n) is 9.67. The minimum absolute atomic E-state index is 0.874. The number of nitrogens with zero attached hydrogens (tertiary/aromatic N) is 2. The number of H-pyrrole nitrogens is 1. The molecule has 88 valence electrons. The van der Waals surface area contributed by atoms with Gasteiger partial charge in [-0.1, -0.05) is 18.2 Å². The largest absolute Gasteiger partial charge is 0.345 e. The van der Waals surface area contributed by atoms with Crippen molar-refractivity contribution in [2.24, 2.45) is 5.10 Å². The van der Waals surface area contributed by atoms with Gasteiger partial charge in [0.15, 0.2) is 0 Å². The highest BCUT2D eigenvalue weighted by molar-refractivity contribution is 5.97. The van der Waals surface area contributed by atoms with Crippen LogP contribution in [0, 0.1) is 0 Å². The van der Waals surface area contributed by atoms with E-state index in [1.807, 2.05) is 48.7 Å². The zero-order chi connectivity index (χ0) is 12.2. The lowest BCUT2D eigenvalue weighted by Gasteiger charge is -1.97. The monoisotopic (exact) mass is 236 g/mol. The third-order valence-corrected chi connectivity index (χ3v) is 2.65. The molecule has 0 aliphatic rings. The summed E-state index contributed by atoms with van der Waals surface area (Å²) in [5.74, 6) is 0. The minimum Gasteiger partial charge on any atom is -0.345 e. The van der Waals surface area contributed by atoms with E-state index >= 15 is 0 Å². The number of pyridine rings is 1. The summed E-state index contributed by atoms with van der Waals surface area (Å²) in [6.45, 7) is 0. The highest BCUT2D eigenvalue weighted by Crippen LogP contribution is 2.13. The molecule has 3 aromatic rings. The van der Waals surface area contributed by atoms with E-state index in [9.17, 15) is 0 Å². The van der Waals surface area contributed by atoms with Crippen molar-refractivity contribution in [3.05, 3.63) is 60.4 Å². The van der Waals surface area contributed by atoms with Crippen LogP contribution in [0.15, 0.2) is 60.0 Å². The predicted octanol–water partition coefficient (Wildman–Crippen LogP) is 3.01. The molecule has 18 heavy (non-hydrogen) atoms. The van der Waals surface area contributed by atoms with E-state index in [1.54, 1.807) is 12.4 Å². The Labute approximate surface area is 104 Å². The summed E-state index contributed by atoms with van der Waals surface area (Å²) in [5, 5.41) is 5.28. The molecule has 4 heteroatoms. The summed E-state index contributed by atoms with van der Waals surface area (Å²) in [4.78, 5) is 7.34. The smallest absolute Gasteiger partial charge is 0.137 e. The van der Waals surface area contributed by atoms with Crippen molar-refractivity contribution in [2.45, 2.75) is 0 Å². The van der Waals surface area contributed by atoms with Crippen LogP contribution >= 0.6 is 0 Å². The molecular formula is C14H12N4. The Morgan fingerprint density at radius 2 is 2.00 bits per heavy atom. The second kappa shape index (κ2) is 4.71. The summed E-state index contributed by atoms with van der Waals surface area (Å²) in [6.07, 6.45) is 5.45. The maximum absolute atomic E-state index is 4.23. The summed E-state index contributed by atoms with van der Waals surface area (Å²) in [5.41, 5.74) is 5.84. The van der Waals surface area contributed by atoms with Crippen molar-refractivity contribution < 1.29 is 0 Å². The molecule has 2 aromatic heterocycles. The molecule has 0 aliphatic heterocycles. The number of benzene rings is 1. The first-order valence-corrected chi connectivity index (χ1v) is 5.70. The Kier molecular flexibility index (Phi) is 2.75. The lowest BCUT2D eigenvalue weighted by molar-refractivity contribution is 1.32. The van der Waals surface area contributed by atoms with E-state index in [0.717, 1.165) is 22.3 Å². The summed E-state index contributed by atoms with van der Waals surface area (Å²) in [6, 6.07) is 13.8. The van der Waals surface area contributed by atoms with Gasteiger partial charge in [-0.15, -0.1) is 0 Å². The topological polar surface area (TPSA) is 53.1 Å². The van der Waals surface area contributed by atoms with Crippen molar-refractivity contribution >= 4 is 22.9 Å². The molecule has 2 N–H and O–H groups in total. The number of fused-ring (bicyclic) bond motifs is 1. The van der Waals surface area contributed by atoms with Crippen LogP contribution in [0.5, 0.6) is 0 Å². The maximum Gasteiger partial charge on any atom is 0.137 e. The molecule has 0 saturated carbocycles. The van der Waals surface area contributed by atoms with Gasteiger partial charge in [0.1, 0.15) is 5.65 Å². The quantitative estimate of drug-likeness (QED) is 0.542. The van der Waals surface area contributed by atoms with E-state index in [-0.39, 0.29) is 0 Å². The summed E-state index contributed by atoms with van der Waals surface area (Å²) in [7, 11) is 0. The number of rotatable bonds is 3. The normalized spacial score (nSPS) is 11.1. The van der Waals surface area contributed by atoms with Crippen molar-refractivity contribution in [2.75, 3.05) is 5.43 Å². The van der Waals surface area contributed by atoms with Gasteiger partial charge in [-0.25, -0.2) is 4.98 Å². The first-order chi connectivity index (χ1) is 8.93. The van der Waals surface area contributed by atoms with Gasteiger partial charge in [-0.2, -0.15) is 5.10 Å². The van der Waals surface area contributed by atoms with Crippen molar-refractivity contribution in [3.8, 4) is 0 Å². The lowest BCUT2D eigenvalue weighted by Crippen LogP contribution is -1.89. The zero-order valence-corrected chi connectivity index (χ0v) is 9.67. The fourth-order valence-corrected chi connectivity index (χ4v) is 1.77. The van der Waals surface area contributed by atoms with Gasteiger partial charge in [0.25, 0.3) is 0 Å². The number of hydrogen-bond acceptors (Lipinski definition) is 3. The van der Waals surface area contributed by atoms with Crippen LogP contribution < -0.4 is 5.43 Å². The van der Waals surface area contributed by atoms with E-state index in [1.165, 1.54) is 0 Å². The third-order valence-electron chi connectivity index (χ3n) is 2.65. The first-order valence-electron chi connectivity index (χ1n) is 5.70. The van der Waals surface area contributed by atoms with Gasteiger partial charge >= 0.3 is 0 Å². The van der Waals surface area contributed by atoms with E-state index in [2.05, 4.69) is 20.5 Å². The molecule has 0 fully saturated rings. The Hall–Kier alpha value is -2.62. The standard InChI is InChI=1S/C14H12N4/c1-2-5-12(6-3-1)18-17-10-11-9-16-14-13(11)7-4-8-15-14/h1-10,18H,(H,15,16)/b17-10+. The fraction of sp³-hybridized carbons (Fsp3) is 0. The van der Waals surface area contributed by atoms with Crippen LogP contribution in [-0.4, -0.2) is 16.2 Å². The molecule has 2 heterocycles. The van der Waals surface area contributed by atoms with Crippen molar-refractivity contribution in [3.63, 3.8) is 0 Å². The molecule has 0 saturated heterocycles. The average molecular weight is 236 g/mol. The Morgan fingerprint density at radius 3 is 2.89 bits per heavy atom. The fourth-order valence-electron chi connectivity index (χ4n) is 1.77. The van der Waals surface area contributed by atoms with Gasteiger partial charge in [-0.05, 0) is 24.3 Å². The number of anilines is 1. The second-order valence-electron chi connectivity index (χ2n) is 3.88. The predicted molar refractivity (Wildman–Crippen MR) is 73.8 cm³/mol. The lowest BCUT2D eigenvalue weighted by atomic mass is 10.2. The first kappa shape index (κ1) is 10.5. The summed E-state index contributed by atoms with van der Waals surface area (Å²) < 4.78 is 0.